The number of β-amino-alcohol motifs (C(OH)–C–C–N with tert-alkyl or cyclic N) is 1. The van der Waals surface area contributed by atoms with Crippen LogP contribution in [0.1, 0.15) is 30.9 Å². The number of benzene rings is 1. The van der Waals surface area contributed by atoms with Crippen molar-refractivity contribution in [2.75, 3.05) is 13.1 Å². The van der Waals surface area contributed by atoms with Crippen LogP contribution in [0.2, 0.25) is 0 Å². The van der Waals surface area contributed by atoms with E-state index in [1.165, 1.54) is 18.2 Å². The van der Waals surface area contributed by atoms with Crippen molar-refractivity contribution >= 4 is 11.9 Å². The maximum Gasteiger partial charge on any atom is 0.327 e. The lowest BCUT2D eigenvalue weighted by Gasteiger charge is -2.26. The third kappa shape index (κ3) is 2.40. The molecule has 6 heteroatoms. The highest BCUT2D eigenvalue weighted by molar-refractivity contribution is 6.04. The molecule has 3 amide bonds. The van der Waals surface area contributed by atoms with Crippen molar-refractivity contribution in [1.29, 1.82) is 0 Å². The first-order chi connectivity index (χ1) is 10.1. The molecule has 2 fully saturated rings. The zero-order chi connectivity index (χ0) is 15.0. The smallest absolute Gasteiger partial charge is 0.327 e. The first-order valence-corrected chi connectivity index (χ1v) is 7.14. The molecule has 0 spiro atoms. The molecule has 0 saturated carbocycles. The fourth-order valence-electron chi connectivity index (χ4n) is 3.03. The highest BCUT2D eigenvalue weighted by atomic mass is 19.1. The number of carbonyl (C=O) groups excluding carboxylic acids is 2. The Hall–Kier alpha value is -1.95. The van der Waals surface area contributed by atoms with Crippen LogP contribution < -0.4 is 0 Å². The van der Waals surface area contributed by atoms with Crippen LogP contribution in [-0.4, -0.2) is 46.0 Å². The van der Waals surface area contributed by atoms with Gasteiger partial charge in [-0.15, -0.1) is 0 Å². The summed E-state index contributed by atoms with van der Waals surface area (Å²) in [5, 5.41) is 10.1. The number of piperidine rings is 1. The second kappa shape index (κ2) is 5.44. The van der Waals surface area contributed by atoms with Gasteiger partial charge in [-0.05, 0) is 25.3 Å². The van der Waals surface area contributed by atoms with Crippen molar-refractivity contribution in [1.82, 2.24) is 9.80 Å². The van der Waals surface area contributed by atoms with Crippen LogP contribution in [0.15, 0.2) is 24.3 Å². The van der Waals surface area contributed by atoms with E-state index >= 15 is 0 Å². The van der Waals surface area contributed by atoms with Crippen LogP contribution in [0.4, 0.5) is 9.18 Å². The summed E-state index contributed by atoms with van der Waals surface area (Å²) in [6, 6.07) is 5.06. The van der Waals surface area contributed by atoms with Gasteiger partial charge < -0.3 is 10.0 Å². The van der Waals surface area contributed by atoms with Crippen molar-refractivity contribution in [2.45, 2.75) is 31.4 Å². The molecule has 1 aromatic rings. The van der Waals surface area contributed by atoms with Crippen molar-refractivity contribution in [2.24, 2.45) is 0 Å². The predicted octanol–water partition coefficient (Wildman–Crippen LogP) is 1.68. The van der Waals surface area contributed by atoms with Crippen molar-refractivity contribution in [3.05, 3.63) is 35.6 Å². The second-order valence-corrected chi connectivity index (χ2v) is 5.47. The van der Waals surface area contributed by atoms with Crippen molar-refractivity contribution in [3.63, 3.8) is 0 Å². The number of halogens is 1. The lowest BCUT2D eigenvalue weighted by Crippen LogP contribution is -2.39. The van der Waals surface area contributed by atoms with Crippen LogP contribution in [0.3, 0.4) is 0 Å². The highest BCUT2D eigenvalue weighted by Crippen LogP contribution is 2.28. The molecule has 21 heavy (non-hydrogen) atoms. The second-order valence-electron chi connectivity index (χ2n) is 5.47. The Morgan fingerprint density at radius 3 is 2.76 bits per heavy atom. The number of carbonyl (C=O) groups is 2. The molecule has 2 aliphatic heterocycles. The predicted molar refractivity (Wildman–Crippen MR) is 72.8 cm³/mol. The molecule has 0 bridgehead atoms. The van der Waals surface area contributed by atoms with E-state index in [0.717, 1.165) is 17.7 Å². The Morgan fingerprint density at radius 1 is 1.29 bits per heavy atom. The maximum absolute atomic E-state index is 13.6. The van der Waals surface area contributed by atoms with Gasteiger partial charge in [0.1, 0.15) is 11.9 Å². The lowest BCUT2D eigenvalue weighted by molar-refractivity contribution is -0.129. The molecule has 3 rings (SSSR count). The summed E-state index contributed by atoms with van der Waals surface area (Å²) < 4.78 is 13.6. The maximum atomic E-state index is 13.6. The molecule has 0 aromatic heterocycles. The average Bonchev–Trinajstić information content (AvgIpc) is 2.73. The normalized spacial score (nSPS) is 23.4. The number of urea groups is 1. The summed E-state index contributed by atoms with van der Waals surface area (Å²) in [6.07, 6.45) is 1.26. The van der Waals surface area contributed by atoms with Gasteiger partial charge in [0.25, 0.3) is 5.91 Å². The van der Waals surface area contributed by atoms with E-state index in [1.807, 2.05) is 0 Å². The van der Waals surface area contributed by atoms with E-state index in [-0.39, 0.29) is 24.0 Å². The van der Waals surface area contributed by atoms with Crippen LogP contribution in [0.5, 0.6) is 0 Å². The van der Waals surface area contributed by atoms with Gasteiger partial charge in [0.05, 0.1) is 12.6 Å². The van der Waals surface area contributed by atoms with Crippen LogP contribution in [0.25, 0.3) is 0 Å². The number of rotatable bonds is 3. The SMILES string of the molecule is O=C1C2CCCCN2C(=O)N1CC(O)c1ccccc1F. The largest absolute Gasteiger partial charge is 0.386 e. The van der Waals surface area contributed by atoms with Gasteiger partial charge in [-0.25, -0.2) is 9.18 Å². The van der Waals surface area contributed by atoms with Gasteiger partial charge in [0, 0.05) is 12.1 Å². The Bertz CT molecular complexity index is 554. The van der Waals surface area contributed by atoms with Crippen molar-refractivity contribution < 1.29 is 19.1 Å². The molecule has 2 atom stereocenters. The Labute approximate surface area is 122 Å². The molecule has 112 valence electrons. The Kier molecular flexibility index (Phi) is 3.63. The summed E-state index contributed by atoms with van der Waals surface area (Å²) in [6.45, 7) is 0.368. The molecular weight excluding hydrogens is 275 g/mol. The zero-order valence-corrected chi connectivity index (χ0v) is 11.5. The van der Waals surface area contributed by atoms with Crippen molar-refractivity contribution in [3.8, 4) is 0 Å². The molecule has 1 N–H and O–H groups in total. The third-order valence-electron chi connectivity index (χ3n) is 4.15. The summed E-state index contributed by atoms with van der Waals surface area (Å²) in [7, 11) is 0. The molecule has 2 saturated heterocycles. The molecule has 0 radical (unpaired) electrons. The summed E-state index contributed by atoms with van der Waals surface area (Å²) in [5.41, 5.74) is 0.1000. The lowest BCUT2D eigenvalue weighted by atomic mass is 10.0. The molecule has 2 unspecified atom stereocenters. The number of hydrogen-bond donors (Lipinski definition) is 1. The third-order valence-corrected chi connectivity index (χ3v) is 4.15. The molecular formula is C15H17FN2O3. The topological polar surface area (TPSA) is 60.9 Å². The number of fused-ring (bicyclic) bond motifs is 1. The van der Waals surface area contributed by atoms with Gasteiger partial charge in [-0.2, -0.15) is 0 Å². The monoisotopic (exact) mass is 292 g/mol. The minimum absolute atomic E-state index is 0.1000. The fourth-order valence-corrected chi connectivity index (χ4v) is 3.03. The summed E-state index contributed by atoms with van der Waals surface area (Å²) >= 11 is 0. The number of aliphatic hydroxyl groups excluding tert-OH is 1. The van der Waals surface area contributed by atoms with E-state index in [1.54, 1.807) is 11.0 Å². The number of aliphatic hydroxyl groups is 1. The first kappa shape index (κ1) is 14.0. The molecule has 2 aliphatic rings. The van der Waals surface area contributed by atoms with Crippen LogP contribution in [0, 0.1) is 5.82 Å². The number of amides is 3. The molecule has 0 aliphatic carbocycles. The first-order valence-electron chi connectivity index (χ1n) is 7.14. The van der Waals surface area contributed by atoms with Gasteiger partial charge >= 0.3 is 6.03 Å². The minimum Gasteiger partial charge on any atom is -0.386 e. The summed E-state index contributed by atoms with van der Waals surface area (Å²) in [4.78, 5) is 27.1. The standard InChI is InChI=1S/C15H17FN2O3/c16-11-6-2-1-5-10(11)13(19)9-18-14(20)12-7-3-4-8-17(12)15(18)21/h1-2,5-6,12-13,19H,3-4,7-9H2. The van der Waals surface area contributed by atoms with Gasteiger partial charge in [-0.3, -0.25) is 9.69 Å². The number of imide groups is 1. The minimum atomic E-state index is -1.21. The zero-order valence-electron chi connectivity index (χ0n) is 11.5. The van der Waals surface area contributed by atoms with E-state index in [4.69, 9.17) is 0 Å². The van der Waals surface area contributed by atoms with E-state index in [2.05, 4.69) is 0 Å². The number of hydrogen-bond acceptors (Lipinski definition) is 3. The quantitative estimate of drug-likeness (QED) is 0.862. The van der Waals surface area contributed by atoms with Gasteiger partial charge in [-0.1, -0.05) is 18.2 Å². The van der Waals surface area contributed by atoms with E-state index in [0.29, 0.717) is 13.0 Å². The van der Waals surface area contributed by atoms with E-state index in [9.17, 15) is 19.1 Å². The molecule has 1 aromatic carbocycles. The highest BCUT2D eigenvalue weighted by Gasteiger charge is 2.46. The van der Waals surface area contributed by atoms with Gasteiger partial charge in [0.2, 0.25) is 0 Å². The molecule has 2 heterocycles. The van der Waals surface area contributed by atoms with Gasteiger partial charge in [0.15, 0.2) is 0 Å². The number of nitrogens with zero attached hydrogens (tertiary/aromatic N) is 2. The Balaban J connectivity index is 1.77. The average molecular weight is 292 g/mol. The Morgan fingerprint density at radius 2 is 2.05 bits per heavy atom. The van der Waals surface area contributed by atoms with Crippen LogP contribution >= 0.6 is 0 Å². The molecule has 5 nitrogen and oxygen atoms in total. The fraction of sp³-hybridized carbons (Fsp3) is 0.467. The van der Waals surface area contributed by atoms with E-state index < -0.39 is 18.0 Å². The summed E-state index contributed by atoms with van der Waals surface area (Å²) in [5.74, 6) is -0.822. The van der Waals surface area contributed by atoms with Crippen LogP contribution in [-0.2, 0) is 4.79 Å².